The summed E-state index contributed by atoms with van der Waals surface area (Å²) >= 11 is 0. The third-order valence-electron chi connectivity index (χ3n) is 5.44. The van der Waals surface area contributed by atoms with Gasteiger partial charge in [0.15, 0.2) is 0 Å². The van der Waals surface area contributed by atoms with Gasteiger partial charge in [0.1, 0.15) is 0 Å². The summed E-state index contributed by atoms with van der Waals surface area (Å²) in [6.45, 7) is 5.67. The Morgan fingerprint density at radius 1 is 0.941 bits per heavy atom. The smallest absolute Gasteiger partial charge is 0.409 e. The highest BCUT2D eigenvalue weighted by molar-refractivity contribution is 6.04. The molecule has 1 aliphatic rings. The van der Waals surface area contributed by atoms with Crippen LogP contribution in [-0.2, 0) is 9.53 Å². The molecule has 1 saturated heterocycles. The molecule has 0 spiro atoms. The lowest BCUT2D eigenvalue weighted by Gasteiger charge is -2.34. The van der Waals surface area contributed by atoms with E-state index in [4.69, 9.17) is 4.74 Å². The number of nitrogens with one attached hydrogen (secondary N) is 2. The van der Waals surface area contributed by atoms with E-state index in [1.165, 1.54) is 0 Å². The predicted molar refractivity (Wildman–Crippen MR) is 128 cm³/mol. The van der Waals surface area contributed by atoms with Crippen molar-refractivity contribution >= 4 is 29.5 Å². The molecule has 2 N–H and O–H groups in total. The van der Waals surface area contributed by atoms with Crippen LogP contribution in [0.5, 0.6) is 0 Å². The number of hydrogen-bond acceptors (Lipinski definition) is 5. The summed E-state index contributed by atoms with van der Waals surface area (Å²) in [5, 5.41) is 5.51. The molecule has 3 rings (SSSR count). The van der Waals surface area contributed by atoms with Gasteiger partial charge in [0.05, 0.1) is 17.9 Å². The molecule has 0 atom stereocenters. The number of carbonyl (C=O) groups is 4. The maximum atomic E-state index is 13.1. The number of amides is 4. The van der Waals surface area contributed by atoms with Crippen molar-refractivity contribution in [2.75, 3.05) is 44.6 Å². The van der Waals surface area contributed by atoms with Crippen molar-refractivity contribution in [3.8, 4) is 0 Å². The van der Waals surface area contributed by atoms with E-state index >= 15 is 0 Å². The van der Waals surface area contributed by atoms with Crippen molar-refractivity contribution < 1.29 is 23.9 Å². The van der Waals surface area contributed by atoms with Crippen molar-refractivity contribution in [3.63, 3.8) is 0 Å². The normalized spacial score (nSPS) is 13.2. The molecule has 4 amide bonds. The number of anilines is 1. The average molecular weight is 467 g/mol. The van der Waals surface area contributed by atoms with Crippen LogP contribution in [0.15, 0.2) is 48.5 Å². The van der Waals surface area contributed by atoms with Crippen molar-refractivity contribution in [3.05, 3.63) is 65.2 Å². The van der Waals surface area contributed by atoms with Gasteiger partial charge in [0.25, 0.3) is 11.8 Å². The first-order valence-corrected chi connectivity index (χ1v) is 11.3. The Morgan fingerprint density at radius 2 is 1.65 bits per heavy atom. The molecule has 2 aromatic carbocycles. The SMILES string of the molecule is CCOC(=O)N1CCN(C(=O)c2ccccc2NC(=O)CCNC(=O)c2cccc(C)c2)CC1. The van der Waals surface area contributed by atoms with Crippen LogP contribution in [0.1, 0.15) is 39.6 Å². The van der Waals surface area contributed by atoms with Crippen molar-refractivity contribution in [2.45, 2.75) is 20.3 Å². The van der Waals surface area contributed by atoms with Crippen LogP contribution in [-0.4, -0.2) is 72.9 Å². The minimum Gasteiger partial charge on any atom is -0.450 e. The van der Waals surface area contributed by atoms with Gasteiger partial charge in [0.2, 0.25) is 5.91 Å². The van der Waals surface area contributed by atoms with Crippen LogP contribution < -0.4 is 10.6 Å². The first-order valence-electron chi connectivity index (χ1n) is 11.3. The van der Waals surface area contributed by atoms with E-state index in [-0.39, 0.29) is 36.8 Å². The van der Waals surface area contributed by atoms with E-state index in [0.717, 1.165) is 5.56 Å². The number of ether oxygens (including phenoxy) is 1. The molecule has 0 radical (unpaired) electrons. The summed E-state index contributed by atoms with van der Waals surface area (Å²) in [6, 6.07) is 14.0. The molecule has 9 heteroatoms. The van der Waals surface area contributed by atoms with Crippen LogP contribution in [0, 0.1) is 6.92 Å². The van der Waals surface area contributed by atoms with E-state index in [1.807, 2.05) is 19.1 Å². The fourth-order valence-corrected chi connectivity index (χ4v) is 3.65. The predicted octanol–water partition coefficient (Wildman–Crippen LogP) is 2.67. The summed E-state index contributed by atoms with van der Waals surface area (Å²) in [4.78, 5) is 52.9. The molecule has 0 aliphatic carbocycles. The van der Waals surface area contributed by atoms with E-state index < -0.39 is 0 Å². The van der Waals surface area contributed by atoms with Crippen LogP contribution in [0.2, 0.25) is 0 Å². The van der Waals surface area contributed by atoms with Crippen LogP contribution >= 0.6 is 0 Å². The summed E-state index contributed by atoms with van der Waals surface area (Å²) in [5.41, 5.74) is 2.31. The monoisotopic (exact) mass is 466 g/mol. The maximum absolute atomic E-state index is 13.1. The van der Waals surface area contributed by atoms with E-state index in [2.05, 4.69) is 10.6 Å². The number of carbonyl (C=O) groups excluding carboxylic acids is 4. The molecule has 0 unspecified atom stereocenters. The summed E-state index contributed by atoms with van der Waals surface area (Å²) in [6.07, 6.45) is -0.310. The minimum atomic E-state index is -0.378. The molecule has 1 fully saturated rings. The Kier molecular flexibility index (Phi) is 8.61. The van der Waals surface area contributed by atoms with Gasteiger partial charge in [-0.05, 0) is 38.1 Å². The average Bonchev–Trinajstić information content (AvgIpc) is 2.84. The topological polar surface area (TPSA) is 108 Å². The number of piperazine rings is 1. The number of nitrogens with zero attached hydrogens (tertiary/aromatic N) is 2. The highest BCUT2D eigenvalue weighted by Gasteiger charge is 2.26. The zero-order chi connectivity index (χ0) is 24.5. The summed E-state index contributed by atoms with van der Waals surface area (Å²) in [7, 11) is 0. The lowest BCUT2D eigenvalue weighted by Crippen LogP contribution is -2.50. The lowest BCUT2D eigenvalue weighted by atomic mass is 10.1. The van der Waals surface area contributed by atoms with Crippen LogP contribution in [0.25, 0.3) is 0 Å². The summed E-state index contributed by atoms with van der Waals surface area (Å²) < 4.78 is 5.01. The largest absolute Gasteiger partial charge is 0.450 e. The molecule has 1 aliphatic heterocycles. The quantitative estimate of drug-likeness (QED) is 0.652. The van der Waals surface area contributed by atoms with E-state index in [0.29, 0.717) is 49.6 Å². The molecular formula is C25H30N4O5. The second kappa shape index (κ2) is 11.8. The van der Waals surface area contributed by atoms with Gasteiger partial charge in [-0.2, -0.15) is 0 Å². The fraction of sp³-hybridized carbons (Fsp3) is 0.360. The molecule has 0 saturated carbocycles. The molecule has 2 aromatic rings. The Bertz CT molecular complexity index is 1050. The van der Waals surface area contributed by atoms with Gasteiger partial charge in [-0.15, -0.1) is 0 Å². The number of benzene rings is 2. The molecule has 34 heavy (non-hydrogen) atoms. The zero-order valence-electron chi connectivity index (χ0n) is 19.5. The lowest BCUT2D eigenvalue weighted by molar-refractivity contribution is -0.116. The van der Waals surface area contributed by atoms with Crippen molar-refractivity contribution in [1.82, 2.24) is 15.1 Å². The molecule has 0 bridgehead atoms. The molecule has 9 nitrogen and oxygen atoms in total. The number of aryl methyl sites for hydroxylation is 1. The van der Waals surface area contributed by atoms with Gasteiger partial charge >= 0.3 is 6.09 Å². The standard InChI is InChI=1S/C25H30N4O5/c1-3-34-25(33)29-15-13-28(14-16-29)24(32)20-9-4-5-10-21(20)27-22(30)11-12-26-23(31)19-8-6-7-18(2)17-19/h4-10,17H,3,11-16H2,1-2H3,(H,26,31)(H,27,30). The second-order valence-electron chi connectivity index (χ2n) is 7.95. The van der Waals surface area contributed by atoms with E-state index in [1.54, 1.807) is 53.1 Å². The number of para-hydroxylation sites is 1. The molecule has 0 aromatic heterocycles. The Labute approximate surface area is 199 Å². The first kappa shape index (κ1) is 24.8. The summed E-state index contributed by atoms with van der Waals surface area (Å²) in [5.74, 6) is -0.766. The third-order valence-corrected chi connectivity index (χ3v) is 5.44. The molecular weight excluding hydrogens is 436 g/mol. The number of rotatable bonds is 7. The highest BCUT2D eigenvalue weighted by atomic mass is 16.6. The number of hydrogen-bond donors (Lipinski definition) is 2. The van der Waals surface area contributed by atoms with Gasteiger partial charge < -0.3 is 25.2 Å². The molecule has 180 valence electrons. The van der Waals surface area contributed by atoms with Gasteiger partial charge in [-0.1, -0.05) is 29.8 Å². The van der Waals surface area contributed by atoms with Gasteiger partial charge in [-0.25, -0.2) is 4.79 Å². The highest BCUT2D eigenvalue weighted by Crippen LogP contribution is 2.19. The van der Waals surface area contributed by atoms with Crippen molar-refractivity contribution in [1.29, 1.82) is 0 Å². The minimum absolute atomic E-state index is 0.0678. The Hall–Kier alpha value is -3.88. The first-order chi connectivity index (χ1) is 16.4. The molecule has 1 heterocycles. The fourth-order valence-electron chi connectivity index (χ4n) is 3.65. The van der Waals surface area contributed by atoms with Crippen LogP contribution in [0.4, 0.5) is 10.5 Å². The Balaban J connectivity index is 1.52. The van der Waals surface area contributed by atoms with Gasteiger partial charge in [0, 0.05) is 44.7 Å². The zero-order valence-corrected chi connectivity index (χ0v) is 19.5. The van der Waals surface area contributed by atoms with E-state index in [9.17, 15) is 19.2 Å². The maximum Gasteiger partial charge on any atom is 0.409 e. The second-order valence-corrected chi connectivity index (χ2v) is 7.95. The van der Waals surface area contributed by atoms with Crippen LogP contribution in [0.3, 0.4) is 0 Å². The van der Waals surface area contributed by atoms with Gasteiger partial charge in [-0.3, -0.25) is 14.4 Å². The Morgan fingerprint density at radius 3 is 2.35 bits per heavy atom. The van der Waals surface area contributed by atoms with Crippen molar-refractivity contribution in [2.24, 2.45) is 0 Å². The third kappa shape index (κ3) is 6.57.